The third-order valence-electron chi connectivity index (χ3n) is 4.29. The van der Waals surface area contributed by atoms with E-state index in [2.05, 4.69) is 29.3 Å². The molecule has 0 bridgehead atoms. The van der Waals surface area contributed by atoms with Crippen LogP contribution >= 0.6 is 11.3 Å². The number of aryl methyl sites for hydroxylation is 1. The second kappa shape index (κ2) is 6.83. The molecule has 1 saturated heterocycles. The molecular formula is C17H24N4OS. The number of amides is 1. The summed E-state index contributed by atoms with van der Waals surface area (Å²) >= 11 is 1.72. The van der Waals surface area contributed by atoms with E-state index in [1.807, 2.05) is 28.8 Å². The van der Waals surface area contributed by atoms with Crippen LogP contribution in [0.3, 0.4) is 0 Å². The zero-order valence-electron chi connectivity index (χ0n) is 14.0. The maximum Gasteiger partial charge on any atom is 0.228 e. The van der Waals surface area contributed by atoms with Crippen LogP contribution in [0.4, 0.5) is 0 Å². The third kappa shape index (κ3) is 3.80. The fourth-order valence-corrected chi connectivity index (χ4v) is 3.92. The van der Waals surface area contributed by atoms with E-state index in [0.717, 1.165) is 37.3 Å². The summed E-state index contributed by atoms with van der Waals surface area (Å²) in [4.78, 5) is 19.2. The van der Waals surface area contributed by atoms with Gasteiger partial charge in [0.15, 0.2) is 0 Å². The highest BCUT2D eigenvalue weighted by Gasteiger charge is 2.26. The summed E-state index contributed by atoms with van der Waals surface area (Å²) in [6.07, 6.45) is 4.52. The monoisotopic (exact) mass is 332 g/mol. The first-order chi connectivity index (χ1) is 11.0. The number of carbonyl (C=O) groups is 1. The molecule has 0 aromatic carbocycles. The highest BCUT2D eigenvalue weighted by molar-refractivity contribution is 7.09. The predicted molar refractivity (Wildman–Crippen MR) is 91.7 cm³/mol. The first-order valence-electron chi connectivity index (χ1n) is 8.26. The van der Waals surface area contributed by atoms with Crippen LogP contribution in [0.25, 0.3) is 0 Å². The van der Waals surface area contributed by atoms with Crippen molar-refractivity contribution in [1.29, 1.82) is 0 Å². The first kappa shape index (κ1) is 16.2. The molecule has 124 valence electrons. The van der Waals surface area contributed by atoms with Crippen LogP contribution in [0.1, 0.15) is 55.0 Å². The van der Waals surface area contributed by atoms with E-state index in [0.29, 0.717) is 18.4 Å². The smallest absolute Gasteiger partial charge is 0.228 e. The van der Waals surface area contributed by atoms with Gasteiger partial charge in [-0.15, -0.1) is 11.3 Å². The molecule has 0 spiro atoms. The van der Waals surface area contributed by atoms with E-state index >= 15 is 0 Å². The number of nitrogens with zero attached hydrogens (tertiary/aromatic N) is 4. The maximum absolute atomic E-state index is 12.6. The Kier molecular flexibility index (Phi) is 4.80. The van der Waals surface area contributed by atoms with Crippen molar-refractivity contribution in [2.24, 2.45) is 0 Å². The molecule has 0 aliphatic carbocycles. The van der Waals surface area contributed by atoms with Gasteiger partial charge in [0.2, 0.25) is 5.91 Å². The van der Waals surface area contributed by atoms with Crippen molar-refractivity contribution in [1.82, 2.24) is 19.7 Å². The zero-order valence-corrected chi connectivity index (χ0v) is 14.8. The summed E-state index contributed by atoms with van der Waals surface area (Å²) in [7, 11) is 0. The van der Waals surface area contributed by atoms with Crippen LogP contribution in [-0.4, -0.2) is 38.7 Å². The lowest BCUT2D eigenvalue weighted by Crippen LogP contribution is -2.40. The fourth-order valence-electron chi connectivity index (χ4n) is 2.99. The van der Waals surface area contributed by atoms with Crippen LogP contribution in [0, 0.1) is 6.92 Å². The van der Waals surface area contributed by atoms with E-state index in [4.69, 9.17) is 0 Å². The molecule has 3 rings (SSSR count). The summed E-state index contributed by atoms with van der Waals surface area (Å²) in [5, 5.41) is 7.75. The standard InChI is InChI=1S/C17H24N4OS/c1-12(2)21-8-6-15(19-21)9-16(22)20-7-4-5-14(10-20)17-18-13(3)11-23-17/h6,8,11-12,14H,4-5,7,9-10H2,1-3H3/t14-/m0/s1. The fraction of sp³-hybridized carbons (Fsp3) is 0.588. The van der Waals surface area contributed by atoms with Gasteiger partial charge in [0.05, 0.1) is 17.1 Å². The second-order valence-electron chi connectivity index (χ2n) is 6.56. The zero-order chi connectivity index (χ0) is 16.4. The van der Waals surface area contributed by atoms with E-state index < -0.39 is 0 Å². The quantitative estimate of drug-likeness (QED) is 0.864. The molecule has 0 saturated carbocycles. The molecule has 23 heavy (non-hydrogen) atoms. The molecule has 0 radical (unpaired) electrons. The van der Waals surface area contributed by atoms with Crippen LogP contribution in [-0.2, 0) is 11.2 Å². The topological polar surface area (TPSA) is 51.0 Å². The molecule has 2 aromatic rings. The lowest BCUT2D eigenvalue weighted by Gasteiger charge is -2.31. The summed E-state index contributed by atoms with van der Waals surface area (Å²) in [5.41, 5.74) is 1.93. The van der Waals surface area contributed by atoms with Gasteiger partial charge in [-0.3, -0.25) is 9.48 Å². The largest absolute Gasteiger partial charge is 0.342 e. The Balaban J connectivity index is 1.62. The number of rotatable bonds is 4. The average Bonchev–Trinajstić information content (AvgIpc) is 3.16. The lowest BCUT2D eigenvalue weighted by atomic mass is 9.98. The molecule has 1 aliphatic rings. The van der Waals surface area contributed by atoms with Gasteiger partial charge in [-0.2, -0.15) is 5.10 Å². The minimum absolute atomic E-state index is 0.178. The van der Waals surface area contributed by atoms with Crippen molar-refractivity contribution < 1.29 is 4.79 Å². The van der Waals surface area contributed by atoms with Gasteiger partial charge in [0.1, 0.15) is 0 Å². The van der Waals surface area contributed by atoms with Crippen molar-refractivity contribution >= 4 is 17.2 Å². The summed E-state index contributed by atoms with van der Waals surface area (Å²) < 4.78 is 1.90. The van der Waals surface area contributed by atoms with E-state index in [1.165, 1.54) is 5.01 Å². The van der Waals surface area contributed by atoms with Gasteiger partial charge in [-0.05, 0) is 39.7 Å². The Bertz CT molecular complexity index is 676. The minimum Gasteiger partial charge on any atom is -0.342 e. The van der Waals surface area contributed by atoms with Crippen molar-refractivity contribution in [3.05, 3.63) is 34.0 Å². The number of aromatic nitrogens is 3. The molecular weight excluding hydrogens is 308 g/mol. The first-order valence-corrected chi connectivity index (χ1v) is 9.14. The van der Waals surface area contributed by atoms with Crippen LogP contribution in [0.15, 0.2) is 17.6 Å². The van der Waals surface area contributed by atoms with Gasteiger partial charge >= 0.3 is 0 Å². The Morgan fingerprint density at radius 3 is 2.96 bits per heavy atom. The average molecular weight is 332 g/mol. The Morgan fingerprint density at radius 1 is 1.48 bits per heavy atom. The van der Waals surface area contributed by atoms with E-state index in [9.17, 15) is 4.79 Å². The van der Waals surface area contributed by atoms with Crippen molar-refractivity contribution in [2.45, 2.75) is 52.0 Å². The normalized spacial score (nSPS) is 18.6. The number of hydrogen-bond acceptors (Lipinski definition) is 4. The Labute approximate surface area is 141 Å². The molecule has 1 atom stereocenters. The highest BCUT2D eigenvalue weighted by atomic mass is 32.1. The molecule has 1 aliphatic heterocycles. The highest BCUT2D eigenvalue weighted by Crippen LogP contribution is 2.29. The number of hydrogen-bond donors (Lipinski definition) is 0. The molecule has 0 unspecified atom stereocenters. The van der Waals surface area contributed by atoms with E-state index in [-0.39, 0.29) is 5.91 Å². The van der Waals surface area contributed by atoms with Crippen molar-refractivity contribution in [3.8, 4) is 0 Å². The van der Waals surface area contributed by atoms with Crippen LogP contribution in [0.5, 0.6) is 0 Å². The summed E-state index contributed by atoms with van der Waals surface area (Å²) in [6.45, 7) is 7.84. The molecule has 5 nitrogen and oxygen atoms in total. The Morgan fingerprint density at radius 2 is 2.30 bits per heavy atom. The molecule has 1 fully saturated rings. The second-order valence-corrected chi connectivity index (χ2v) is 7.45. The van der Waals surface area contributed by atoms with Gasteiger partial charge in [-0.1, -0.05) is 0 Å². The van der Waals surface area contributed by atoms with Gasteiger partial charge in [0, 0.05) is 42.3 Å². The van der Waals surface area contributed by atoms with Crippen LogP contribution in [0.2, 0.25) is 0 Å². The van der Waals surface area contributed by atoms with Crippen molar-refractivity contribution in [2.75, 3.05) is 13.1 Å². The summed E-state index contributed by atoms with van der Waals surface area (Å²) in [5.74, 6) is 0.566. The van der Waals surface area contributed by atoms with E-state index in [1.54, 1.807) is 11.3 Å². The predicted octanol–water partition coefficient (Wildman–Crippen LogP) is 3.18. The number of thiazole rings is 1. The summed E-state index contributed by atoms with van der Waals surface area (Å²) in [6, 6.07) is 2.27. The molecule has 0 N–H and O–H groups in total. The lowest BCUT2D eigenvalue weighted by molar-refractivity contribution is -0.131. The van der Waals surface area contributed by atoms with Crippen LogP contribution < -0.4 is 0 Å². The molecule has 1 amide bonds. The van der Waals surface area contributed by atoms with Gasteiger partial charge in [-0.25, -0.2) is 4.98 Å². The molecule has 2 aromatic heterocycles. The third-order valence-corrected chi connectivity index (χ3v) is 5.41. The number of carbonyl (C=O) groups excluding carboxylic acids is 1. The molecule has 3 heterocycles. The van der Waals surface area contributed by atoms with Gasteiger partial charge in [0.25, 0.3) is 0 Å². The minimum atomic E-state index is 0.178. The molecule has 6 heteroatoms. The number of piperidine rings is 1. The van der Waals surface area contributed by atoms with Gasteiger partial charge < -0.3 is 4.90 Å². The maximum atomic E-state index is 12.6. The number of likely N-dealkylation sites (tertiary alicyclic amines) is 1. The SMILES string of the molecule is Cc1csc([C@H]2CCCN(C(=O)Cc3ccn(C(C)C)n3)C2)n1. The van der Waals surface area contributed by atoms with Crippen molar-refractivity contribution in [3.63, 3.8) is 0 Å². The Hall–Kier alpha value is -1.69.